The van der Waals surface area contributed by atoms with Gasteiger partial charge in [0.25, 0.3) is 0 Å². The van der Waals surface area contributed by atoms with E-state index in [4.69, 9.17) is 5.73 Å². The number of aromatic amines is 1. The molecule has 1 aromatic heterocycles. The molecule has 2 aromatic carbocycles. The van der Waals surface area contributed by atoms with Crippen molar-refractivity contribution in [3.63, 3.8) is 0 Å². The average molecular weight is 305 g/mol. The molecule has 1 aliphatic rings. The van der Waals surface area contributed by atoms with Gasteiger partial charge in [0.05, 0.1) is 6.04 Å². The largest absolute Gasteiger partial charge is 0.358 e. The van der Waals surface area contributed by atoms with Crippen molar-refractivity contribution in [2.75, 3.05) is 6.54 Å². The molecular weight excluding hydrogens is 286 g/mol. The fourth-order valence-corrected chi connectivity index (χ4v) is 3.36. The Bertz CT molecular complexity index is 807. The van der Waals surface area contributed by atoms with Crippen molar-refractivity contribution in [2.24, 2.45) is 5.73 Å². The van der Waals surface area contributed by atoms with Crippen LogP contribution in [0.1, 0.15) is 17.2 Å². The molecule has 3 N–H and O–H groups in total. The highest BCUT2D eigenvalue weighted by Gasteiger charge is 2.39. The van der Waals surface area contributed by atoms with E-state index >= 15 is 0 Å². The molecule has 1 aliphatic heterocycles. The minimum atomic E-state index is -0.480. The minimum Gasteiger partial charge on any atom is -0.358 e. The van der Waals surface area contributed by atoms with E-state index in [-0.39, 0.29) is 11.8 Å². The van der Waals surface area contributed by atoms with Gasteiger partial charge >= 0.3 is 0 Å². The minimum absolute atomic E-state index is 0.0126. The number of carbonyl (C=O) groups is 1. The molecule has 23 heavy (non-hydrogen) atoms. The van der Waals surface area contributed by atoms with Crippen LogP contribution in [0.5, 0.6) is 0 Å². The summed E-state index contributed by atoms with van der Waals surface area (Å²) >= 11 is 0. The lowest BCUT2D eigenvalue weighted by Crippen LogP contribution is -2.35. The summed E-state index contributed by atoms with van der Waals surface area (Å²) in [6.45, 7) is 1.27. The molecule has 0 spiro atoms. The number of aromatic nitrogens is 1. The van der Waals surface area contributed by atoms with Crippen LogP contribution < -0.4 is 5.73 Å². The zero-order valence-corrected chi connectivity index (χ0v) is 12.8. The Hall–Kier alpha value is -2.59. The summed E-state index contributed by atoms with van der Waals surface area (Å²) in [4.78, 5) is 17.8. The second kappa shape index (κ2) is 5.56. The van der Waals surface area contributed by atoms with Gasteiger partial charge in [-0.05, 0) is 23.1 Å². The Kier molecular flexibility index (Phi) is 3.39. The molecule has 0 bridgehead atoms. The van der Waals surface area contributed by atoms with Gasteiger partial charge in [0.1, 0.15) is 0 Å². The summed E-state index contributed by atoms with van der Waals surface area (Å²) < 4.78 is 0. The predicted octanol–water partition coefficient (Wildman–Crippen LogP) is 2.62. The van der Waals surface area contributed by atoms with Crippen LogP contribution in [0.25, 0.3) is 10.9 Å². The number of nitrogens with zero attached hydrogens (tertiary/aromatic N) is 1. The number of hydrogen-bond acceptors (Lipinski definition) is 2. The number of hydrogen-bond donors (Lipinski definition) is 2. The second-order valence-electron chi connectivity index (χ2n) is 6.15. The summed E-state index contributed by atoms with van der Waals surface area (Å²) in [7, 11) is 0. The number of nitrogens with one attached hydrogen (secondary N) is 1. The van der Waals surface area contributed by atoms with Gasteiger partial charge < -0.3 is 15.6 Å². The molecule has 0 radical (unpaired) electrons. The molecule has 4 rings (SSSR count). The first-order valence-corrected chi connectivity index (χ1v) is 7.88. The van der Waals surface area contributed by atoms with E-state index in [1.807, 2.05) is 53.4 Å². The maximum atomic E-state index is 12.5. The molecule has 4 heteroatoms. The molecule has 116 valence electrons. The Balaban J connectivity index is 1.59. The molecule has 1 saturated heterocycles. The first kappa shape index (κ1) is 14.0. The van der Waals surface area contributed by atoms with Crippen LogP contribution >= 0.6 is 0 Å². The van der Waals surface area contributed by atoms with Gasteiger partial charge in [0, 0.05) is 30.2 Å². The molecule has 2 unspecified atom stereocenters. The number of benzene rings is 2. The Morgan fingerprint density at radius 2 is 1.83 bits per heavy atom. The van der Waals surface area contributed by atoms with Crippen LogP contribution in [0, 0.1) is 0 Å². The lowest BCUT2D eigenvalue weighted by molar-refractivity contribution is -0.129. The standard InChI is InChI=1S/C19H19N3O/c20-18-15(17-10-14-8-4-5-9-16(14)21-17)12-22(19(18)23)11-13-6-2-1-3-7-13/h1-10,15,18,21H,11-12,20H2. The maximum absolute atomic E-state index is 12.5. The fraction of sp³-hybridized carbons (Fsp3) is 0.211. The maximum Gasteiger partial charge on any atom is 0.240 e. The molecule has 0 saturated carbocycles. The van der Waals surface area contributed by atoms with Crippen LogP contribution in [0.2, 0.25) is 0 Å². The van der Waals surface area contributed by atoms with E-state index < -0.39 is 6.04 Å². The van der Waals surface area contributed by atoms with Crippen LogP contribution in [-0.4, -0.2) is 28.4 Å². The number of fused-ring (bicyclic) bond motifs is 1. The van der Waals surface area contributed by atoms with Crippen LogP contribution in [0.4, 0.5) is 0 Å². The van der Waals surface area contributed by atoms with E-state index in [1.165, 1.54) is 0 Å². The SMILES string of the molecule is NC1C(=O)N(Cc2ccccc2)CC1c1cc2ccccc2[nH]1. The third-order valence-corrected chi connectivity index (χ3v) is 4.61. The molecule has 3 aromatic rings. The zero-order valence-electron chi connectivity index (χ0n) is 12.8. The lowest BCUT2D eigenvalue weighted by atomic mass is 10.0. The number of para-hydroxylation sites is 1. The van der Waals surface area contributed by atoms with Crippen molar-refractivity contribution in [2.45, 2.75) is 18.5 Å². The van der Waals surface area contributed by atoms with Gasteiger partial charge in [-0.3, -0.25) is 4.79 Å². The summed E-state index contributed by atoms with van der Waals surface area (Å²) in [5.41, 5.74) is 9.47. The first-order chi connectivity index (χ1) is 11.2. The molecule has 1 fully saturated rings. The van der Waals surface area contributed by atoms with Gasteiger partial charge in [-0.25, -0.2) is 0 Å². The van der Waals surface area contributed by atoms with Crippen molar-refractivity contribution in [1.29, 1.82) is 0 Å². The van der Waals surface area contributed by atoms with Gasteiger partial charge in [-0.15, -0.1) is 0 Å². The molecule has 1 amide bonds. The topological polar surface area (TPSA) is 62.1 Å². The summed E-state index contributed by atoms with van der Waals surface area (Å²) in [6.07, 6.45) is 0. The van der Waals surface area contributed by atoms with Gasteiger partial charge in [0.15, 0.2) is 0 Å². The number of nitrogens with two attached hydrogens (primary N) is 1. The first-order valence-electron chi connectivity index (χ1n) is 7.88. The fourth-order valence-electron chi connectivity index (χ4n) is 3.36. The summed E-state index contributed by atoms with van der Waals surface area (Å²) in [5, 5.41) is 1.16. The van der Waals surface area contributed by atoms with E-state index in [0.717, 1.165) is 22.2 Å². The number of carbonyl (C=O) groups excluding carboxylic acids is 1. The number of rotatable bonds is 3. The van der Waals surface area contributed by atoms with Crippen LogP contribution in [0.15, 0.2) is 60.7 Å². The van der Waals surface area contributed by atoms with Gasteiger partial charge in [0.2, 0.25) is 5.91 Å². The van der Waals surface area contributed by atoms with E-state index in [0.29, 0.717) is 13.1 Å². The van der Waals surface area contributed by atoms with Crippen molar-refractivity contribution < 1.29 is 4.79 Å². The Morgan fingerprint density at radius 3 is 2.61 bits per heavy atom. The zero-order chi connectivity index (χ0) is 15.8. The molecule has 0 aliphatic carbocycles. The smallest absolute Gasteiger partial charge is 0.240 e. The summed E-state index contributed by atoms with van der Waals surface area (Å²) in [5.74, 6) is 0.0381. The highest BCUT2D eigenvalue weighted by atomic mass is 16.2. The van der Waals surface area contributed by atoms with Crippen LogP contribution in [0.3, 0.4) is 0 Å². The Labute approximate surface area is 134 Å². The summed E-state index contributed by atoms with van der Waals surface area (Å²) in [6, 6.07) is 19.8. The van der Waals surface area contributed by atoms with E-state index in [2.05, 4.69) is 17.1 Å². The van der Waals surface area contributed by atoms with Gasteiger partial charge in [-0.1, -0.05) is 48.5 Å². The van der Waals surface area contributed by atoms with Crippen molar-refractivity contribution >= 4 is 16.8 Å². The van der Waals surface area contributed by atoms with Crippen molar-refractivity contribution in [1.82, 2.24) is 9.88 Å². The second-order valence-corrected chi connectivity index (χ2v) is 6.15. The number of H-pyrrole nitrogens is 1. The molecule has 2 heterocycles. The average Bonchev–Trinajstić information content (AvgIpc) is 3.12. The quantitative estimate of drug-likeness (QED) is 0.781. The van der Waals surface area contributed by atoms with Crippen LogP contribution in [-0.2, 0) is 11.3 Å². The lowest BCUT2D eigenvalue weighted by Gasteiger charge is -2.16. The van der Waals surface area contributed by atoms with Gasteiger partial charge in [-0.2, -0.15) is 0 Å². The third-order valence-electron chi connectivity index (χ3n) is 4.61. The van der Waals surface area contributed by atoms with Crippen molar-refractivity contribution in [3.05, 3.63) is 71.9 Å². The van der Waals surface area contributed by atoms with E-state index in [1.54, 1.807) is 0 Å². The highest BCUT2D eigenvalue weighted by molar-refractivity contribution is 5.86. The molecular formula is C19H19N3O. The van der Waals surface area contributed by atoms with E-state index in [9.17, 15) is 4.79 Å². The third kappa shape index (κ3) is 2.51. The number of amides is 1. The molecule has 2 atom stereocenters. The number of likely N-dealkylation sites (tertiary alicyclic amines) is 1. The normalized spacial score (nSPS) is 21.3. The molecule has 4 nitrogen and oxygen atoms in total. The Morgan fingerprint density at radius 1 is 1.09 bits per heavy atom. The predicted molar refractivity (Wildman–Crippen MR) is 90.9 cm³/mol. The monoisotopic (exact) mass is 305 g/mol. The highest BCUT2D eigenvalue weighted by Crippen LogP contribution is 2.30. The van der Waals surface area contributed by atoms with Crippen molar-refractivity contribution in [3.8, 4) is 0 Å².